The minimum atomic E-state index is 0.221. The highest BCUT2D eigenvalue weighted by Crippen LogP contribution is 2.15. The van der Waals surface area contributed by atoms with E-state index in [4.69, 9.17) is 0 Å². The number of rotatable bonds is 8. The van der Waals surface area contributed by atoms with Crippen molar-refractivity contribution in [3.63, 3.8) is 0 Å². The van der Waals surface area contributed by atoms with Crippen molar-refractivity contribution in [2.24, 2.45) is 16.8 Å². The van der Waals surface area contributed by atoms with Gasteiger partial charge < -0.3 is 20.0 Å². The molecule has 2 heterocycles. The highest BCUT2D eigenvalue weighted by atomic mass is 16.2. The zero-order chi connectivity index (χ0) is 21.9. The Labute approximate surface area is 183 Å². The van der Waals surface area contributed by atoms with Crippen molar-refractivity contribution in [3.05, 3.63) is 0 Å². The number of carbonyl (C=O) groups excluding carboxylic acids is 2. The van der Waals surface area contributed by atoms with Gasteiger partial charge in [-0.15, -0.1) is 0 Å². The maximum Gasteiger partial charge on any atom is 0.222 e. The number of likely N-dealkylation sites (tertiary alicyclic amines) is 1. The van der Waals surface area contributed by atoms with Crippen LogP contribution in [0.15, 0.2) is 4.99 Å². The first-order chi connectivity index (χ1) is 14.4. The van der Waals surface area contributed by atoms with E-state index >= 15 is 0 Å². The van der Waals surface area contributed by atoms with Gasteiger partial charge in [-0.1, -0.05) is 27.2 Å². The molecular formula is C23H43N5O2. The first kappa shape index (κ1) is 24.5. The van der Waals surface area contributed by atoms with Gasteiger partial charge in [0.05, 0.1) is 0 Å². The number of nitrogens with one attached hydrogen (secondary N) is 1. The summed E-state index contributed by atoms with van der Waals surface area (Å²) in [4.78, 5) is 35.2. The molecule has 172 valence electrons. The normalized spacial score (nSPS) is 20.6. The number of piperazine rings is 1. The Morgan fingerprint density at radius 3 is 2.23 bits per heavy atom. The number of nitrogens with zero attached hydrogens (tertiary/aromatic N) is 4. The van der Waals surface area contributed by atoms with E-state index in [1.165, 1.54) is 12.8 Å². The van der Waals surface area contributed by atoms with Crippen molar-refractivity contribution in [1.29, 1.82) is 0 Å². The number of hydrogen-bond donors (Lipinski definition) is 1. The summed E-state index contributed by atoms with van der Waals surface area (Å²) in [6, 6.07) is 0. The maximum absolute atomic E-state index is 12.5. The third-order valence-corrected chi connectivity index (χ3v) is 6.09. The Morgan fingerprint density at radius 1 is 0.967 bits per heavy atom. The molecule has 7 heteroatoms. The van der Waals surface area contributed by atoms with Gasteiger partial charge >= 0.3 is 0 Å². The number of carbonyl (C=O) groups is 2. The molecule has 1 atom stereocenters. The fraction of sp³-hybridized carbons (Fsp3) is 0.870. The fourth-order valence-electron chi connectivity index (χ4n) is 4.33. The van der Waals surface area contributed by atoms with Gasteiger partial charge in [0, 0.05) is 65.7 Å². The standard InChI is InChI=1S/C23H43N5O2/c1-19(2)17-22(30)27-15-13-26(14-16-27)21(29)10-6-5-7-11-25-23(24-4)28-12-8-9-20(3)18-28/h19-20H,5-18H2,1-4H3,(H,24,25). The molecule has 30 heavy (non-hydrogen) atoms. The van der Waals surface area contributed by atoms with Crippen LogP contribution >= 0.6 is 0 Å². The molecule has 0 aliphatic carbocycles. The van der Waals surface area contributed by atoms with Crippen LogP contribution < -0.4 is 5.32 Å². The second kappa shape index (κ2) is 12.8. The fourth-order valence-corrected chi connectivity index (χ4v) is 4.33. The molecule has 2 saturated heterocycles. The molecule has 0 spiro atoms. The number of amides is 2. The number of piperidine rings is 1. The summed E-state index contributed by atoms with van der Waals surface area (Å²) in [5, 5.41) is 3.48. The summed E-state index contributed by atoms with van der Waals surface area (Å²) in [6.07, 6.45) is 6.77. The quantitative estimate of drug-likeness (QED) is 0.372. The van der Waals surface area contributed by atoms with Crippen molar-refractivity contribution < 1.29 is 9.59 Å². The number of hydrogen-bond acceptors (Lipinski definition) is 3. The molecular weight excluding hydrogens is 378 g/mol. The SMILES string of the molecule is CN=C(NCCCCCC(=O)N1CCN(C(=O)CC(C)C)CC1)N1CCCC(C)C1. The van der Waals surface area contributed by atoms with E-state index in [2.05, 4.69) is 36.0 Å². The van der Waals surface area contributed by atoms with E-state index in [0.29, 0.717) is 44.9 Å². The van der Waals surface area contributed by atoms with Crippen LogP contribution in [0.4, 0.5) is 0 Å². The Bertz CT molecular complexity index is 570. The van der Waals surface area contributed by atoms with Crippen LogP contribution in [0, 0.1) is 11.8 Å². The molecule has 7 nitrogen and oxygen atoms in total. The second-order valence-corrected chi connectivity index (χ2v) is 9.34. The van der Waals surface area contributed by atoms with Crippen LogP contribution in [-0.4, -0.2) is 85.3 Å². The predicted octanol–water partition coefficient (Wildman–Crippen LogP) is 2.57. The van der Waals surface area contributed by atoms with E-state index < -0.39 is 0 Å². The van der Waals surface area contributed by atoms with Gasteiger partial charge in [0.1, 0.15) is 0 Å². The lowest BCUT2D eigenvalue weighted by Crippen LogP contribution is -2.50. The lowest BCUT2D eigenvalue weighted by molar-refractivity contribution is -0.140. The molecule has 1 N–H and O–H groups in total. The maximum atomic E-state index is 12.5. The average Bonchev–Trinajstić information content (AvgIpc) is 2.72. The highest BCUT2D eigenvalue weighted by Gasteiger charge is 2.24. The number of aliphatic imine (C=N–C) groups is 1. The molecule has 2 rings (SSSR count). The van der Waals surface area contributed by atoms with Crippen molar-refractivity contribution in [2.75, 3.05) is 52.9 Å². The molecule has 0 aromatic heterocycles. The summed E-state index contributed by atoms with van der Waals surface area (Å²) >= 11 is 0. The van der Waals surface area contributed by atoms with Gasteiger partial charge in [-0.05, 0) is 37.5 Å². The van der Waals surface area contributed by atoms with E-state index in [1.807, 2.05) is 16.8 Å². The van der Waals surface area contributed by atoms with Crippen LogP contribution in [0.5, 0.6) is 0 Å². The monoisotopic (exact) mass is 421 g/mol. The minimum absolute atomic E-state index is 0.221. The smallest absolute Gasteiger partial charge is 0.222 e. The molecule has 2 fully saturated rings. The summed E-state index contributed by atoms with van der Waals surface area (Å²) < 4.78 is 0. The topological polar surface area (TPSA) is 68.2 Å². The van der Waals surface area contributed by atoms with E-state index in [0.717, 1.165) is 50.8 Å². The van der Waals surface area contributed by atoms with Gasteiger partial charge in [-0.3, -0.25) is 14.6 Å². The summed E-state index contributed by atoms with van der Waals surface area (Å²) in [7, 11) is 1.86. The summed E-state index contributed by atoms with van der Waals surface area (Å²) in [5.41, 5.74) is 0. The lowest BCUT2D eigenvalue weighted by atomic mass is 10.0. The molecule has 0 aromatic rings. The Kier molecular flexibility index (Phi) is 10.4. The summed E-state index contributed by atoms with van der Waals surface area (Å²) in [5.74, 6) is 2.59. The third kappa shape index (κ3) is 8.15. The first-order valence-electron chi connectivity index (χ1n) is 11.9. The van der Waals surface area contributed by atoms with Gasteiger partial charge in [0.25, 0.3) is 0 Å². The molecule has 2 aliphatic heterocycles. The van der Waals surface area contributed by atoms with Crippen LogP contribution in [-0.2, 0) is 9.59 Å². The third-order valence-electron chi connectivity index (χ3n) is 6.09. The predicted molar refractivity (Wildman–Crippen MR) is 122 cm³/mol. The van der Waals surface area contributed by atoms with Crippen molar-refractivity contribution >= 4 is 17.8 Å². The van der Waals surface area contributed by atoms with Gasteiger partial charge in [-0.2, -0.15) is 0 Å². The van der Waals surface area contributed by atoms with Crippen LogP contribution in [0.25, 0.3) is 0 Å². The Morgan fingerprint density at radius 2 is 1.63 bits per heavy atom. The minimum Gasteiger partial charge on any atom is -0.356 e. The van der Waals surface area contributed by atoms with Crippen LogP contribution in [0.1, 0.15) is 65.7 Å². The Balaban J connectivity index is 1.55. The Hall–Kier alpha value is -1.79. The molecule has 0 radical (unpaired) electrons. The van der Waals surface area contributed by atoms with Crippen LogP contribution in [0.2, 0.25) is 0 Å². The van der Waals surface area contributed by atoms with Gasteiger partial charge in [0.15, 0.2) is 5.96 Å². The molecule has 2 aliphatic rings. The van der Waals surface area contributed by atoms with Gasteiger partial charge in [0.2, 0.25) is 11.8 Å². The second-order valence-electron chi connectivity index (χ2n) is 9.34. The first-order valence-corrected chi connectivity index (χ1v) is 11.9. The van der Waals surface area contributed by atoms with E-state index in [-0.39, 0.29) is 11.8 Å². The number of guanidine groups is 1. The van der Waals surface area contributed by atoms with Crippen molar-refractivity contribution in [2.45, 2.75) is 65.7 Å². The average molecular weight is 422 g/mol. The van der Waals surface area contributed by atoms with Crippen molar-refractivity contribution in [3.8, 4) is 0 Å². The number of unbranched alkanes of at least 4 members (excludes halogenated alkanes) is 2. The summed E-state index contributed by atoms with van der Waals surface area (Å²) in [6.45, 7) is 12.2. The highest BCUT2D eigenvalue weighted by molar-refractivity contribution is 5.80. The zero-order valence-corrected chi connectivity index (χ0v) is 19.7. The van der Waals surface area contributed by atoms with Crippen molar-refractivity contribution in [1.82, 2.24) is 20.0 Å². The van der Waals surface area contributed by atoms with E-state index in [1.54, 1.807) is 0 Å². The van der Waals surface area contributed by atoms with Crippen LogP contribution in [0.3, 0.4) is 0 Å². The van der Waals surface area contributed by atoms with Gasteiger partial charge in [-0.25, -0.2) is 0 Å². The molecule has 0 bridgehead atoms. The zero-order valence-electron chi connectivity index (χ0n) is 19.7. The van der Waals surface area contributed by atoms with E-state index in [9.17, 15) is 9.59 Å². The molecule has 2 amide bonds. The molecule has 1 unspecified atom stereocenters. The molecule has 0 aromatic carbocycles. The largest absolute Gasteiger partial charge is 0.356 e. The lowest BCUT2D eigenvalue weighted by Gasteiger charge is -2.35. The molecule has 0 saturated carbocycles.